The molecule has 19 heavy (non-hydrogen) atoms. The molecular formula is C14H16N2O3. The van der Waals surface area contributed by atoms with Crippen LogP contribution in [0.4, 0.5) is 0 Å². The zero-order valence-corrected chi connectivity index (χ0v) is 10.9. The maximum absolute atomic E-state index is 12.3. The predicted molar refractivity (Wildman–Crippen MR) is 73.3 cm³/mol. The SMILES string of the molecule is CCC(C(N)=O)n1ccc2cc(OC)ccc2c1=O. The summed E-state index contributed by atoms with van der Waals surface area (Å²) in [6, 6.07) is 6.37. The highest BCUT2D eigenvalue weighted by Crippen LogP contribution is 2.19. The summed E-state index contributed by atoms with van der Waals surface area (Å²) in [7, 11) is 1.57. The maximum atomic E-state index is 12.3. The summed E-state index contributed by atoms with van der Waals surface area (Å²) in [6.45, 7) is 1.82. The van der Waals surface area contributed by atoms with Crippen LogP contribution in [0.1, 0.15) is 19.4 Å². The molecule has 0 aliphatic rings. The van der Waals surface area contributed by atoms with Crippen LogP contribution in [0.25, 0.3) is 10.8 Å². The van der Waals surface area contributed by atoms with Gasteiger partial charge in [-0.25, -0.2) is 0 Å². The summed E-state index contributed by atoms with van der Waals surface area (Å²) < 4.78 is 6.50. The largest absolute Gasteiger partial charge is 0.497 e. The van der Waals surface area contributed by atoms with Crippen molar-refractivity contribution in [1.29, 1.82) is 0 Å². The first kappa shape index (κ1) is 13.1. The predicted octanol–water partition coefficient (Wildman–Crippen LogP) is 1.45. The van der Waals surface area contributed by atoms with Gasteiger partial charge in [-0.15, -0.1) is 0 Å². The quantitative estimate of drug-likeness (QED) is 0.904. The molecule has 2 N–H and O–H groups in total. The van der Waals surface area contributed by atoms with Gasteiger partial charge in [0.15, 0.2) is 0 Å². The van der Waals surface area contributed by atoms with E-state index in [-0.39, 0.29) is 5.56 Å². The van der Waals surface area contributed by atoms with Crippen LogP contribution in [0.5, 0.6) is 5.75 Å². The fourth-order valence-electron chi connectivity index (χ4n) is 2.15. The molecule has 2 rings (SSSR count). The van der Waals surface area contributed by atoms with E-state index in [0.717, 1.165) is 5.39 Å². The Morgan fingerprint density at radius 2 is 2.16 bits per heavy atom. The van der Waals surface area contributed by atoms with Crippen molar-refractivity contribution < 1.29 is 9.53 Å². The minimum absolute atomic E-state index is 0.217. The van der Waals surface area contributed by atoms with Crippen LogP contribution < -0.4 is 16.0 Å². The molecule has 5 nitrogen and oxygen atoms in total. The molecule has 1 aromatic carbocycles. The second kappa shape index (κ2) is 5.14. The number of nitrogens with two attached hydrogens (primary N) is 1. The van der Waals surface area contributed by atoms with E-state index in [1.807, 2.05) is 6.92 Å². The average molecular weight is 260 g/mol. The fourth-order valence-corrected chi connectivity index (χ4v) is 2.15. The first-order chi connectivity index (χ1) is 9.08. The maximum Gasteiger partial charge on any atom is 0.259 e. The van der Waals surface area contributed by atoms with E-state index in [1.54, 1.807) is 37.6 Å². The number of carbonyl (C=O) groups is 1. The van der Waals surface area contributed by atoms with Crippen molar-refractivity contribution in [3.05, 3.63) is 40.8 Å². The Morgan fingerprint density at radius 3 is 2.74 bits per heavy atom. The molecule has 0 bridgehead atoms. The van der Waals surface area contributed by atoms with Gasteiger partial charge in [-0.3, -0.25) is 9.59 Å². The van der Waals surface area contributed by atoms with Crippen molar-refractivity contribution in [2.24, 2.45) is 5.73 Å². The number of hydrogen-bond acceptors (Lipinski definition) is 3. The second-order valence-electron chi connectivity index (χ2n) is 4.31. The zero-order chi connectivity index (χ0) is 14.0. The van der Waals surface area contributed by atoms with Crippen LogP contribution in [0.3, 0.4) is 0 Å². The molecule has 5 heteroatoms. The smallest absolute Gasteiger partial charge is 0.259 e. The number of hydrogen-bond donors (Lipinski definition) is 1. The first-order valence-corrected chi connectivity index (χ1v) is 6.06. The van der Waals surface area contributed by atoms with Gasteiger partial charge in [0.05, 0.1) is 7.11 Å². The molecule has 1 atom stereocenters. The Kier molecular flexibility index (Phi) is 3.55. The Morgan fingerprint density at radius 1 is 1.42 bits per heavy atom. The van der Waals surface area contributed by atoms with Crippen LogP contribution in [0.15, 0.2) is 35.3 Å². The molecular weight excluding hydrogens is 244 g/mol. The Bertz CT molecular complexity index is 676. The van der Waals surface area contributed by atoms with Crippen molar-refractivity contribution >= 4 is 16.7 Å². The van der Waals surface area contributed by atoms with E-state index in [4.69, 9.17) is 10.5 Å². The molecule has 1 amide bonds. The van der Waals surface area contributed by atoms with Gasteiger partial charge in [-0.2, -0.15) is 0 Å². The third kappa shape index (κ3) is 2.31. The summed E-state index contributed by atoms with van der Waals surface area (Å²) in [5.41, 5.74) is 5.10. The number of nitrogens with zero attached hydrogens (tertiary/aromatic N) is 1. The van der Waals surface area contributed by atoms with Crippen LogP contribution >= 0.6 is 0 Å². The molecule has 100 valence electrons. The van der Waals surface area contributed by atoms with E-state index in [1.165, 1.54) is 4.57 Å². The number of primary amides is 1. The van der Waals surface area contributed by atoms with E-state index >= 15 is 0 Å². The number of pyridine rings is 1. The first-order valence-electron chi connectivity index (χ1n) is 6.06. The summed E-state index contributed by atoms with van der Waals surface area (Å²) in [4.78, 5) is 23.7. The van der Waals surface area contributed by atoms with Gasteiger partial charge in [-0.05, 0) is 36.1 Å². The minimum atomic E-state index is -0.612. The summed E-state index contributed by atoms with van der Waals surface area (Å²) >= 11 is 0. The Balaban J connectivity index is 2.64. The highest BCUT2D eigenvalue weighted by atomic mass is 16.5. The normalized spacial score (nSPS) is 12.3. The van der Waals surface area contributed by atoms with Crippen molar-refractivity contribution in [3.63, 3.8) is 0 Å². The summed E-state index contributed by atoms with van der Waals surface area (Å²) in [6.07, 6.45) is 2.08. The van der Waals surface area contributed by atoms with E-state index < -0.39 is 11.9 Å². The lowest BCUT2D eigenvalue weighted by Crippen LogP contribution is -2.33. The van der Waals surface area contributed by atoms with Gasteiger partial charge < -0.3 is 15.0 Å². The number of amides is 1. The van der Waals surface area contributed by atoms with Gasteiger partial charge in [0, 0.05) is 11.6 Å². The monoisotopic (exact) mass is 260 g/mol. The van der Waals surface area contributed by atoms with Crippen LogP contribution in [-0.4, -0.2) is 17.6 Å². The number of fused-ring (bicyclic) bond motifs is 1. The number of ether oxygens (including phenoxy) is 1. The van der Waals surface area contributed by atoms with Gasteiger partial charge in [0.2, 0.25) is 5.91 Å². The van der Waals surface area contributed by atoms with Crippen LogP contribution in [-0.2, 0) is 4.79 Å². The van der Waals surface area contributed by atoms with Crippen LogP contribution in [0, 0.1) is 0 Å². The topological polar surface area (TPSA) is 74.3 Å². The lowest BCUT2D eigenvalue weighted by atomic mass is 10.1. The summed E-state index contributed by atoms with van der Waals surface area (Å²) in [5.74, 6) is 0.184. The van der Waals surface area contributed by atoms with Crippen molar-refractivity contribution in [2.45, 2.75) is 19.4 Å². The standard InChI is InChI=1S/C14H16N2O3/c1-3-12(13(15)17)16-7-6-9-8-10(19-2)4-5-11(9)14(16)18/h4-8,12H,3H2,1-2H3,(H2,15,17). The van der Waals surface area contributed by atoms with Crippen molar-refractivity contribution in [2.75, 3.05) is 7.11 Å². The average Bonchev–Trinajstić information content (AvgIpc) is 2.41. The van der Waals surface area contributed by atoms with Gasteiger partial charge in [-0.1, -0.05) is 6.92 Å². The number of rotatable bonds is 4. The van der Waals surface area contributed by atoms with E-state index in [9.17, 15) is 9.59 Å². The van der Waals surface area contributed by atoms with Gasteiger partial charge >= 0.3 is 0 Å². The lowest BCUT2D eigenvalue weighted by molar-refractivity contribution is -0.121. The molecule has 0 spiro atoms. The van der Waals surface area contributed by atoms with Gasteiger partial charge in [0.1, 0.15) is 11.8 Å². The summed E-state index contributed by atoms with van der Waals surface area (Å²) in [5, 5.41) is 1.32. The molecule has 0 radical (unpaired) electrons. The second-order valence-corrected chi connectivity index (χ2v) is 4.31. The van der Waals surface area contributed by atoms with Gasteiger partial charge in [0.25, 0.3) is 5.56 Å². The number of aromatic nitrogens is 1. The molecule has 0 fully saturated rings. The van der Waals surface area contributed by atoms with E-state index in [2.05, 4.69) is 0 Å². The lowest BCUT2D eigenvalue weighted by Gasteiger charge is -2.15. The zero-order valence-electron chi connectivity index (χ0n) is 10.9. The Labute approximate surface area is 110 Å². The van der Waals surface area contributed by atoms with Crippen LogP contribution in [0.2, 0.25) is 0 Å². The highest BCUT2D eigenvalue weighted by molar-refractivity contribution is 5.84. The number of methoxy groups -OCH3 is 1. The molecule has 1 heterocycles. The highest BCUT2D eigenvalue weighted by Gasteiger charge is 2.17. The molecule has 0 aliphatic heterocycles. The van der Waals surface area contributed by atoms with Crippen molar-refractivity contribution in [1.82, 2.24) is 4.57 Å². The molecule has 0 saturated carbocycles. The molecule has 1 aromatic heterocycles. The Hall–Kier alpha value is -2.30. The van der Waals surface area contributed by atoms with Crippen molar-refractivity contribution in [3.8, 4) is 5.75 Å². The fraction of sp³-hybridized carbons (Fsp3) is 0.286. The third-order valence-electron chi connectivity index (χ3n) is 3.19. The number of carbonyl (C=O) groups excluding carboxylic acids is 1. The molecule has 1 unspecified atom stereocenters. The third-order valence-corrected chi connectivity index (χ3v) is 3.19. The molecule has 2 aromatic rings. The molecule has 0 saturated heterocycles. The molecule has 0 aliphatic carbocycles. The minimum Gasteiger partial charge on any atom is -0.497 e. The van der Waals surface area contributed by atoms with E-state index in [0.29, 0.717) is 17.6 Å². The number of benzene rings is 1.